The van der Waals surface area contributed by atoms with E-state index in [2.05, 4.69) is 27.7 Å². The molecule has 0 radical (unpaired) electrons. The van der Waals surface area contributed by atoms with Gasteiger partial charge >= 0.3 is 0 Å². The number of nitrogens with zero attached hydrogens (tertiary/aromatic N) is 3. The highest BCUT2D eigenvalue weighted by atomic mass is 127. The average molecular weight is 364 g/mol. The Labute approximate surface area is 116 Å². The Kier molecular flexibility index (Phi) is 3.63. The van der Waals surface area contributed by atoms with Gasteiger partial charge in [-0.15, -0.1) is 0 Å². The van der Waals surface area contributed by atoms with E-state index in [0.717, 1.165) is 3.57 Å². The van der Waals surface area contributed by atoms with Crippen LogP contribution < -0.4 is 0 Å². The average Bonchev–Trinajstić information content (AvgIpc) is 2.63. The molecule has 2 rings (SSSR count). The first-order chi connectivity index (χ1) is 8.06. The molecule has 5 nitrogen and oxygen atoms in total. The molecule has 1 aromatic heterocycles. The number of aromatic nitrogens is 2. The fraction of sp³-hybridized carbons (Fsp3) is 0.100. The van der Waals surface area contributed by atoms with Gasteiger partial charge in [-0.2, -0.15) is 5.10 Å². The van der Waals surface area contributed by atoms with Gasteiger partial charge < -0.3 is 0 Å². The first-order valence-electron chi connectivity index (χ1n) is 4.67. The highest BCUT2D eigenvalue weighted by Gasteiger charge is 2.14. The lowest BCUT2D eigenvalue weighted by Crippen LogP contribution is -2.03. The molecule has 0 fully saturated rings. The molecule has 1 aromatic carbocycles. The summed E-state index contributed by atoms with van der Waals surface area (Å²) >= 11 is 7.97. The number of rotatable bonds is 3. The minimum atomic E-state index is -0.417. The monoisotopic (exact) mass is 363 g/mol. The highest BCUT2D eigenvalue weighted by molar-refractivity contribution is 14.1. The Bertz CT molecular complexity index is 570. The maximum Gasteiger partial charge on any atom is 0.274 e. The van der Waals surface area contributed by atoms with Crippen LogP contribution in [-0.4, -0.2) is 14.7 Å². The van der Waals surface area contributed by atoms with E-state index in [4.69, 9.17) is 11.6 Å². The van der Waals surface area contributed by atoms with Crippen molar-refractivity contribution in [3.8, 4) is 0 Å². The van der Waals surface area contributed by atoms with Gasteiger partial charge in [-0.05, 0) is 34.7 Å². The number of benzene rings is 1. The second-order valence-electron chi connectivity index (χ2n) is 3.39. The summed E-state index contributed by atoms with van der Waals surface area (Å²) < 4.78 is 2.62. The van der Waals surface area contributed by atoms with E-state index in [1.165, 1.54) is 12.1 Å². The molecule has 88 valence electrons. The number of halogens is 2. The zero-order valence-electron chi connectivity index (χ0n) is 8.51. The van der Waals surface area contributed by atoms with Gasteiger partial charge in [-0.1, -0.05) is 11.6 Å². The van der Waals surface area contributed by atoms with Crippen LogP contribution in [0.5, 0.6) is 0 Å². The lowest BCUT2D eigenvalue weighted by molar-refractivity contribution is -0.385. The molecule has 7 heteroatoms. The molecule has 0 saturated heterocycles. The van der Waals surface area contributed by atoms with Crippen LogP contribution in [0.15, 0.2) is 30.6 Å². The van der Waals surface area contributed by atoms with Crippen molar-refractivity contribution in [3.05, 3.63) is 54.9 Å². The van der Waals surface area contributed by atoms with Crippen LogP contribution in [0.3, 0.4) is 0 Å². The van der Waals surface area contributed by atoms with Crippen molar-refractivity contribution in [2.45, 2.75) is 6.54 Å². The maximum atomic E-state index is 10.9. The van der Waals surface area contributed by atoms with Crippen LogP contribution in [-0.2, 0) is 6.54 Å². The molecule has 0 aliphatic rings. The van der Waals surface area contributed by atoms with E-state index in [1.807, 2.05) is 6.20 Å². The minimum Gasteiger partial charge on any atom is -0.267 e. The lowest BCUT2D eigenvalue weighted by Gasteiger charge is -2.03. The molecule has 0 aliphatic heterocycles. The molecule has 0 saturated carbocycles. The van der Waals surface area contributed by atoms with Gasteiger partial charge in [0.05, 0.1) is 26.8 Å². The molecule has 1 heterocycles. The predicted octanol–water partition coefficient (Wildman–Crippen LogP) is 3.10. The van der Waals surface area contributed by atoms with Crippen molar-refractivity contribution in [2.75, 3.05) is 0 Å². The Morgan fingerprint density at radius 1 is 1.53 bits per heavy atom. The predicted molar refractivity (Wildman–Crippen MR) is 72.2 cm³/mol. The van der Waals surface area contributed by atoms with E-state index >= 15 is 0 Å². The van der Waals surface area contributed by atoms with E-state index in [-0.39, 0.29) is 5.69 Å². The number of nitro groups is 1. The van der Waals surface area contributed by atoms with Crippen LogP contribution >= 0.6 is 34.2 Å². The highest BCUT2D eigenvalue weighted by Crippen LogP contribution is 2.23. The molecule has 0 N–H and O–H groups in total. The molecule has 0 atom stereocenters. The largest absolute Gasteiger partial charge is 0.274 e. The number of nitro benzene ring substituents is 1. The van der Waals surface area contributed by atoms with Gasteiger partial charge in [0.15, 0.2) is 0 Å². The van der Waals surface area contributed by atoms with Gasteiger partial charge in [0.1, 0.15) is 0 Å². The third-order valence-electron chi connectivity index (χ3n) is 2.17. The Hall–Kier alpha value is -1.15. The molecule has 2 aromatic rings. The molecule has 0 amide bonds. The summed E-state index contributed by atoms with van der Waals surface area (Å²) in [5.74, 6) is 0. The van der Waals surface area contributed by atoms with Crippen molar-refractivity contribution >= 4 is 39.9 Å². The summed E-state index contributed by atoms with van der Waals surface area (Å²) in [5, 5.41) is 15.4. The van der Waals surface area contributed by atoms with Crippen molar-refractivity contribution in [1.29, 1.82) is 0 Å². The summed E-state index contributed by atoms with van der Waals surface area (Å²) in [5.41, 5.74) is 0.599. The SMILES string of the molecule is O=[N+]([O-])c1ccc(Cl)cc1Cn1cc(I)cn1. The van der Waals surface area contributed by atoms with Crippen LogP contribution in [0.4, 0.5) is 5.69 Å². The quantitative estimate of drug-likeness (QED) is 0.478. The van der Waals surface area contributed by atoms with Gasteiger partial charge in [0.25, 0.3) is 5.69 Å². The van der Waals surface area contributed by atoms with Crippen molar-refractivity contribution in [3.63, 3.8) is 0 Å². The van der Waals surface area contributed by atoms with Crippen LogP contribution in [0.2, 0.25) is 5.02 Å². The first-order valence-corrected chi connectivity index (χ1v) is 6.12. The van der Waals surface area contributed by atoms with Gasteiger partial charge in [0, 0.05) is 17.3 Å². The standard InChI is InChI=1S/C10H7ClIN3O2/c11-8-1-2-10(15(16)17)7(3-8)5-14-6-9(12)4-13-14/h1-4,6H,5H2. The van der Waals surface area contributed by atoms with Crippen molar-refractivity contribution in [1.82, 2.24) is 9.78 Å². The fourth-order valence-electron chi connectivity index (χ4n) is 1.46. The topological polar surface area (TPSA) is 61.0 Å². The van der Waals surface area contributed by atoms with Crippen LogP contribution in [0.1, 0.15) is 5.56 Å². The summed E-state index contributed by atoms with van der Waals surface area (Å²) in [6.07, 6.45) is 3.50. The Morgan fingerprint density at radius 3 is 2.88 bits per heavy atom. The first kappa shape index (κ1) is 12.3. The number of hydrogen-bond donors (Lipinski definition) is 0. The van der Waals surface area contributed by atoms with Gasteiger partial charge in [-0.3, -0.25) is 14.8 Å². The number of hydrogen-bond acceptors (Lipinski definition) is 3. The zero-order valence-corrected chi connectivity index (χ0v) is 11.4. The third kappa shape index (κ3) is 2.95. The Balaban J connectivity index is 2.37. The summed E-state index contributed by atoms with van der Waals surface area (Å²) in [6, 6.07) is 4.51. The van der Waals surface area contributed by atoms with Crippen molar-refractivity contribution < 1.29 is 4.92 Å². The van der Waals surface area contributed by atoms with E-state index in [1.54, 1.807) is 16.9 Å². The van der Waals surface area contributed by atoms with E-state index < -0.39 is 4.92 Å². The maximum absolute atomic E-state index is 10.9. The molecule has 0 spiro atoms. The molecule has 0 aliphatic carbocycles. The van der Waals surface area contributed by atoms with Crippen LogP contribution in [0, 0.1) is 13.7 Å². The minimum absolute atomic E-state index is 0.0555. The second-order valence-corrected chi connectivity index (χ2v) is 5.07. The van der Waals surface area contributed by atoms with E-state index in [0.29, 0.717) is 17.1 Å². The fourth-order valence-corrected chi connectivity index (χ4v) is 2.10. The molecular weight excluding hydrogens is 356 g/mol. The third-order valence-corrected chi connectivity index (χ3v) is 2.96. The lowest BCUT2D eigenvalue weighted by atomic mass is 10.2. The van der Waals surface area contributed by atoms with Crippen molar-refractivity contribution in [2.24, 2.45) is 0 Å². The molecule has 17 heavy (non-hydrogen) atoms. The molecule has 0 unspecified atom stereocenters. The molecule has 0 bridgehead atoms. The summed E-state index contributed by atoms with van der Waals surface area (Å²) in [6.45, 7) is 0.333. The van der Waals surface area contributed by atoms with Crippen LogP contribution in [0.25, 0.3) is 0 Å². The van der Waals surface area contributed by atoms with Gasteiger partial charge in [-0.25, -0.2) is 0 Å². The van der Waals surface area contributed by atoms with Gasteiger partial charge in [0.2, 0.25) is 0 Å². The molecular formula is C10H7ClIN3O2. The van der Waals surface area contributed by atoms with E-state index in [9.17, 15) is 10.1 Å². The smallest absolute Gasteiger partial charge is 0.267 e. The summed E-state index contributed by atoms with van der Waals surface area (Å²) in [4.78, 5) is 10.4. The second kappa shape index (κ2) is 5.01. The summed E-state index contributed by atoms with van der Waals surface area (Å²) in [7, 11) is 0. The Morgan fingerprint density at radius 2 is 2.29 bits per heavy atom. The zero-order chi connectivity index (χ0) is 12.4. The normalized spacial score (nSPS) is 10.5.